The highest BCUT2D eigenvalue weighted by Gasteiger charge is 2.47. The van der Waals surface area contributed by atoms with Gasteiger partial charge in [0.15, 0.2) is 0 Å². The van der Waals surface area contributed by atoms with Gasteiger partial charge in [-0.05, 0) is 62.1 Å². The normalized spacial score (nSPS) is 21.8. The number of halogens is 3. The van der Waals surface area contributed by atoms with Crippen LogP contribution in [0.5, 0.6) is 5.88 Å². The lowest BCUT2D eigenvalue weighted by molar-refractivity contribution is -0.137. The molecule has 35 heavy (non-hydrogen) atoms. The van der Waals surface area contributed by atoms with Crippen LogP contribution in [0.15, 0.2) is 54.3 Å². The standard InChI is InChI=1S/C25H26F3N5O2/c1-15-4-6-21(16(2)30-9-3-8-29)23(32-15)24(34)33-13-18-10-17(18)11-20(33)14-35-22-7-5-19(12-31-22)25(26,27)28/h3-9,12,17-18,20H,2,10-11,13-14,29H2,1H3/b8-3-,30-9-/t17-,18+,20?/m1/s1. The molecule has 1 aliphatic heterocycles. The Labute approximate surface area is 201 Å². The van der Waals surface area contributed by atoms with Crippen LogP contribution in [0.4, 0.5) is 13.2 Å². The number of hydrogen-bond donors (Lipinski definition) is 1. The molecule has 4 rings (SSSR count). The molecule has 1 amide bonds. The first-order valence-corrected chi connectivity index (χ1v) is 11.2. The minimum atomic E-state index is -4.47. The summed E-state index contributed by atoms with van der Waals surface area (Å²) in [7, 11) is 0. The Bertz CT molecular complexity index is 1160. The summed E-state index contributed by atoms with van der Waals surface area (Å²) in [6.07, 6.45) is 2.44. The number of pyridine rings is 2. The number of aliphatic imine (C=N–C) groups is 1. The number of aryl methyl sites for hydroxylation is 1. The van der Waals surface area contributed by atoms with Crippen molar-refractivity contribution in [2.45, 2.75) is 32.0 Å². The molecule has 2 aliphatic rings. The van der Waals surface area contributed by atoms with Crippen LogP contribution in [0.2, 0.25) is 0 Å². The summed E-state index contributed by atoms with van der Waals surface area (Å²) in [6, 6.07) is 5.41. The summed E-state index contributed by atoms with van der Waals surface area (Å²) in [5.41, 5.74) is 6.32. The van der Waals surface area contributed by atoms with Crippen molar-refractivity contribution < 1.29 is 22.7 Å². The van der Waals surface area contributed by atoms with Crippen molar-refractivity contribution in [3.63, 3.8) is 0 Å². The third kappa shape index (κ3) is 5.70. The molecule has 0 radical (unpaired) electrons. The van der Waals surface area contributed by atoms with Crippen LogP contribution in [0, 0.1) is 18.8 Å². The van der Waals surface area contributed by atoms with Crippen molar-refractivity contribution in [3.8, 4) is 5.88 Å². The van der Waals surface area contributed by atoms with Gasteiger partial charge in [0, 0.05) is 36.3 Å². The zero-order valence-corrected chi connectivity index (χ0v) is 19.2. The number of aromatic nitrogens is 2. The molecule has 2 fully saturated rings. The molecule has 7 nitrogen and oxygen atoms in total. The number of carbonyl (C=O) groups excluding carboxylic acids is 1. The average Bonchev–Trinajstić information content (AvgIpc) is 3.60. The first-order valence-electron chi connectivity index (χ1n) is 11.2. The molecule has 1 saturated carbocycles. The number of carbonyl (C=O) groups is 1. The van der Waals surface area contributed by atoms with E-state index in [0.29, 0.717) is 35.3 Å². The minimum absolute atomic E-state index is 0.0772. The summed E-state index contributed by atoms with van der Waals surface area (Å²) in [6.45, 7) is 6.45. The summed E-state index contributed by atoms with van der Waals surface area (Å²) >= 11 is 0. The quantitative estimate of drug-likeness (QED) is 0.592. The summed E-state index contributed by atoms with van der Waals surface area (Å²) in [5.74, 6) is 0.770. The molecule has 2 aromatic heterocycles. The summed E-state index contributed by atoms with van der Waals surface area (Å²) in [5, 5.41) is 0. The van der Waals surface area contributed by atoms with Gasteiger partial charge in [-0.15, -0.1) is 0 Å². The molecule has 1 aliphatic carbocycles. The highest BCUT2D eigenvalue weighted by molar-refractivity contribution is 5.98. The third-order valence-electron chi connectivity index (χ3n) is 6.24. The lowest BCUT2D eigenvalue weighted by atomic mass is 10.0. The lowest BCUT2D eigenvalue weighted by Crippen LogP contribution is -2.48. The zero-order valence-electron chi connectivity index (χ0n) is 19.2. The Morgan fingerprint density at radius 3 is 2.77 bits per heavy atom. The number of allylic oxidation sites excluding steroid dienone is 1. The van der Waals surface area contributed by atoms with E-state index in [9.17, 15) is 18.0 Å². The molecule has 1 unspecified atom stereocenters. The van der Waals surface area contributed by atoms with E-state index >= 15 is 0 Å². The Balaban J connectivity index is 1.53. The number of fused-ring (bicyclic) bond motifs is 1. The van der Waals surface area contributed by atoms with Crippen molar-refractivity contribution in [1.82, 2.24) is 14.9 Å². The van der Waals surface area contributed by atoms with Crippen LogP contribution >= 0.6 is 0 Å². The van der Waals surface area contributed by atoms with E-state index in [2.05, 4.69) is 21.5 Å². The van der Waals surface area contributed by atoms with Crippen LogP contribution in [-0.2, 0) is 6.18 Å². The van der Waals surface area contributed by atoms with Gasteiger partial charge in [-0.2, -0.15) is 13.2 Å². The highest BCUT2D eigenvalue weighted by atomic mass is 19.4. The number of alkyl halides is 3. The van der Waals surface area contributed by atoms with Crippen LogP contribution in [0.1, 0.15) is 40.2 Å². The molecule has 0 aromatic carbocycles. The van der Waals surface area contributed by atoms with E-state index in [1.54, 1.807) is 30.0 Å². The second-order valence-corrected chi connectivity index (χ2v) is 8.76. The number of hydrogen-bond acceptors (Lipinski definition) is 6. The van der Waals surface area contributed by atoms with Gasteiger partial charge in [0.05, 0.1) is 17.3 Å². The molecule has 0 bridgehead atoms. The van der Waals surface area contributed by atoms with E-state index in [1.807, 2.05) is 0 Å². The largest absolute Gasteiger partial charge is 0.475 e. The van der Waals surface area contributed by atoms with Gasteiger partial charge in [0.25, 0.3) is 5.91 Å². The predicted octanol–water partition coefficient (Wildman–Crippen LogP) is 4.25. The van der Waals surface area contributed by atoms with Crippen molar-refractivity contribution in [1.29, 1.82) is 0 Å². The molecule has 2 aromatic rings. The molecule has 1 saturated heterocycles. The maximum absolute atomic E-state index is 13.7. The number of nitrogens with two attached hydrogens (primary N) is 1. The van der Waals surface area contributed by atoms with Crippen molar-refractivity contribution in [2.24, 2.45) is 22.6 Å². The van der Waals surface area contributed by atoms with Crippen LogP contribution in [0.3, 0.4) is 0 Å². The molecule has 3 atom stereocenters. The van der Waals surface area contributed by atoms with Crippen LogP contribution in [0.25, 0.3) is 5.70 Å². The maximum Gasteiger partial charge on any atom is 0.417 e. The fourth-order valence-electron chi connectivity index (χ4n) is 4.26. The number of likely N-dealkylation sites (tertiary alicyclic amines) is 1. The Morgan fingerprint density at radius 1 is 1.29 bits per heavy atom. The average molecular weight is 486 g/mol. The number of ether oxygens (including phenoxy) is 1. The van der Waals surface area contributed by atoms with Gasteiger partial charge in [-0.3, -0.25) is 9.79 Å². The second-order valence-electron chi connectivity index (χ2n) is 8.76. The molecule has 2 N–H and O–H groups in total. The van der Waals surface area contributed by atoms with Crippen molar-refractivity contribution in [2.75, 3.05) is 13.2 Å². The number of piperidine rings is 1. The number of nitrogens with zero attached hydrogens (tertiary/aromatic N) is 4. The van der Waals surface area contributed by atoms with E-state index in [4.69, 9.17) is 10.5 Å². The van der Waals surface area contributed by atoms with Gasteiger partial charge < -0.3 is 15.4 Å². The monoisotopic (exact) mass is 485 g/mol. The molecule has 184 valence electrons. The van der Waals surface area contributed by atoms with Gasteiger partial charge >= 0.3 is 6.18 Å². The number of amides is 1. The van der Waals surface area contributed by atoms with E-state index in [1.165, 1.54) is 18.5 Å². The summed E-state index contributed by atoms with van der Waals surface area (Å²) < 4.78 is 44.1. The summed E-state index contributed by atoms with van der Waals surface area (Å²) in [4.78, 5) is 27.9. The van der Waals surface area contributed by atoms with Gasteiger partial charge in [0.2, 0.25) is 5.88 Å². The van der Waals surface area contributed by atoms with Gasteiger partial charge in [-0.1, -0.05) is 6.58 Å². The zero-order chi connectivity index (χ0) is 25.2. The Hall–Kier alpha value is -3.69. The molecular weight excluding hydrogens is 459 g/mol. The Morgan fingerprint density at radius 2 is 2.09 bits per heavy atom. The fraction of sp³-hybridized carbons (Fsp3) is 0.360. The SMILES string of the molecule is C=C(/N=C\C=C/N)c1ccc(C)nc1C(=O)N1C[C@@H]2C[C@@H]2CC1COc1ccc(C(F)(F)F)cn1. The van der Waals surface area contributed by atoms with Crippen LogP contribution < -0.4 is 10.5 Å². The van der Waals surface area contributed by atoms with Crippen molar-refractivity contribution in [3.05, 3.63) is 71.8 Å². The van der Waals surface area contributed by atoms with Crippen molar-refractivity contribution >= 4 is 17.8 Å². The minimum Gasteiger partial charge on any atom is -0.475 e. The maximum atomic E-state index is 13.7. The van der Waals surface area contributed by atoms with E-state index < -0.39 is 11.7 Å². The molecule has 3 heterocycles. The number of rotatable bonds is 7. The first kappa shape index (κ1) is 24.4. The second kappa shape index (κ2) is 9.89. The lowest BCUT2D eigenvalue weighted by Gasteiger charge is -2.35. The van der Waals surface area contributed by atoms with E-state index in [-0.39, 0.29) is 30.1 Å². The first-order chi connectivity index (χ1) is 16.7. The topological polar surface area (TPSA) is 93.7 Å². The van der Waals surface area contributed by atoms with Gasteiger partial charge in [-0.25, -0.2) is 9.97 Å². The fourth-order valence-corrected chi connectivity index (χ4v) is 4.26. The molecule has 10 heteroatoms. The highest BCUT2D eigenvalue weighted by Crippen LogP contribution is 2.47. The molecular formula is C25H26F3N5O2. The molecule has 0 spiro atoms. The Kier molecular flexibility index (Phi) is 6.90. The predicted molar refractivity (Wildman–Crippen MR) is 126 cm³/mol. The van der Waals surface area contributed by atoms with Crippen LogP contribution in [-0.4, -0.2) is 46.2 Å². The van der Waals surface area contributed by atoms with Gasteiger partial charge in [0.1, 0.15) is 12.3 Å². The van der Waals surface area contributed by atoms with E-state index in [0.717, 1.165) is 25.1 Å². The smallest absolute Gasteiger partial charge is 0.417 e. The third-order valence-corrected chi connectivity index (χ3v) is 6.24.